The Hall–Kier alpha value is -2.66. The number of hydrogen-bond acceptors (Lipinski definition) is 4. The standard InChI is InChI=1S/C22H26N4O/c1-15(2)27-18-9-17(10-23-11-18)12-26-22(19-8-6-5-7-16(19)3)20-13-25(4)14-21(20)24-26/h5-11,15H,12-14H2,1-4H3. The molecule has 1 aliphatic heterocycles. The topological polar surface area (TPSA) is 43.2 Å². The number of ether oxygens (including phenoxy) is 1. The summed E-state index contributed by atoms with van der Waals surface area (Å²) in [7, 11) is 2.14. The van der Waals surface area contributed by atoms with E-state index in [1.165, 1.54) is 28.1 Å². The Morgan fingerprint density at radius 1 is 1.15 bits per heavy atom. The van der Waals surface area contributed by atoms with Gasteiger partial charge in [0.05, 0.1) is 30.2 Å². The van der Waals surface area contributed by atoms with Crippen LogP contribution in [-0.4, -0.2) is 32.8 Å². The minimum atomic E-state index is 0.133. The summed E-state index contributed by atoms with van der Waals surface area (Å²) in [4.78, 5) is 6.66. The molecule has 5 heteroatoms. The molecule has 0 N–H and O–H groups in total. The van der Waals surface area contributed by atoms with Crippen LogP contribution in [0.4, 0.5) is 0 Å². The minimum Gasteiger partial charge on any atom is -0.489 e. The fourth-order valence-corrected chi connectivity index (χ4v) is 3.74. The summed E-state index contributed by atoms with van der Waals surface area (Å²) >= 11 is 0. The van der Waals surface area contributed by atoms with E-state index in [9.17, 15) is 0 Å². The maximum Gasteiger partial charge on any atom is 0.138 e. The van der Waals surface area contributed by atoms with Crippen molar-refractivity contribution in [1.82, 2.24) is 19.7 Å². The summed E-state index contributed by atoms with van der Waals surface area (Å²) in [5.74, 6) is 0.805. The van der Waals surface area contributed by atoms with Crippen LogP contribution in [-0.2, 0) is 19.6 Å². The lowest BCUT2D eigenvalue weighted by Gasteiger charge is -2.15. The molecule has 3 aromatic rings. The van der Waals surface area contributed by atoms with E-state index < -0.39 is 0 Å². The van der Waals surface area contributed by atoms with Gasteiger partial charge in [0.2, 0.25) is 0 Å². The van der Waals surface area contributed by atoms with Gasteiger partial charge in [0.25, 0.3) is 0 Å². The van der Waals surface area contributed by atoms with Gasteiger partial charge in [-0.05, 0) is 45.0 Å². The van der Waals surface area contributed by atoms with Gasteiger partial charge in [-0.25, -0.2) is 0 Å². The molecule has 140 valence electrons. The highest BCUT2D eigenvalue weighted by Crippen LogP contribution is 2.34. The van der Waals surface area contributed by atoms with Crippen LogP contribution in [0.3, 0.4) is 0 Å². The Labute approximate surface area is 160 Å². The molecule has 0 fully saturated rings. The van der Waals surface area contributed by atoms with Crippen LogP contribution in [0.1, 0.15) is 36.2 Å². The van der Waals surface area contributed by atoms with Crippen molar-refractivity contribution in [3.8, 4) is 17.0 Å². The minimum absolute atomic E-state index is 0.133. The van der Waals surface area contributed by atoms with Gasteiger partial charge in [0, 0.05) is 30.4 Å². The fraction of sp³-hybridized carbons (Fsp3) is 0.364. The van der Waals surface area contributed by atoms with Crippen molar-refractivity contribution < 1.29 is 4.74 Å². The fourth-order valence-electron chi connectivity index (χ4n) is 3.74. The summed E-state index contributed by atoms with van der Waals surface area (Å²) in [6.07, 6.45) is 3.80. The second kappa shape index (κ2) is 7.16. The van der Waals surface area contributed by atoms with Gasteiger partial charge < -0.3 is 4.74 Å². The lowest BCUT2D eigenvalue weighted by atomic mass is 10.0. The summed E-state index contributed by atoms with van der Waals surface area (Å²) in [6.45, 7) is 8.73. The Bertz CT molecular complexity index is 961. The smallest absolute Gasteiger partial charge is 0.138 e. The van der Waals surface area contributed by atoms with Gasteiger partial charge in [-0.15, -0.1) is 0 Å². The molecule has 0 aliphatic carbocycles. The maximum absolute atomic E-state index is 5.80. The van der Waals surface area contributed by atoms with Crippen LogP contribution in [0.2, 0.25) is 0 Å². The largest absolute Gasteiger partial charge is 0.489 e. The van der Waals surface area contributed by atoms with Gasteiger partial charge in [-0.3, -0.25) is 14.6 Å². The summed E-state index contributed by atoms with van der Waals surface area (Å²) in [5.41, 5.74) is 7.36. The number of benzene rings is 1. The zero-order valence-corrected chi connectivity index (χ0v) is 16.4. The molecule has 1 aliphatic rings. The molecule has 2 aromatic heterocycles. The number of rotatable bonds is 5. The average Bonchev–Trinajstić information content (AvgIpc) is 3.11. The molecule has 0 unspecified atom stereocenters. The van der Waals surface area contributed by atoms with E-state index in [0.717, 1.165) is 24.4 Å². The van der Waals surface area contributed by atoms with Crippen molar-refractivity contribution in [3.05, 3.63) is 65.1 Å². The van der Waals surface area contributed by atoms with Crippen molar-refractivity contribution in [3.63, 3.8) is 0 Å². The molecule has 0 saturated heterocycles. The first-order chi connectivity index (χ1) is 13.0. The first kappa shape index (κ1) is 17.7. The molecule has 0 spiro atoms. The highest BCUT2D eigenvalue weighted by molar-refractivity contribution is 5.69. The van der Waals surface area contributed by atoms with E-state index in [2.05, 4.69) is 58.9 Å². The molecular weight excluding hydrogens is 336 g/mol. The molecule has 0 bridgehead atoms. The third-order valence-corrected chi connectivity index (χ3v) is 4.86. The first-order valence-corrected chi connectivity index (χ1v) is 9.45. The molecule has 3 heterocycles. The van der Waals surface area contributed by atoms with E-state index in [0.29, 0.717) is 6.54 Å². The molecule has 5 nitrogen and oxygen atoms in total. The number of nitrogens with zero attached hydrogens (tertiary/aromatic N) is 4. The van der Waals surface area contributed by atoms with Crippen LogP contribution in [0, 0.1) is 6.92 Å². The highest BCUT2D eigenvalue weighted by atomic mass is 16.5. The van der Waals surface area contributed by atoms with E-state index in [1.54, 1.807) is 6.20 Å². The van der Waals surface area contributed by atoms with Gasteiger partial charge in [-0.2, -0.15) is 5.10 Å². The highest BCUT2D eigenvalue weighted by Gasteiger charge is 2.26. The molecule has 0 saturated carbocycles. The van der Waals surface area contributed by atoms with Crippen molar-refractivity contribution in [2.24, 2.45) is 0 Å². The number of aromatic nitrogens is 3. The number of aryl methyl sites for hydroxylation is 1. The Kier molecular flexibility index (Phi) is 4.70. The van der Waals surface area contributed by atoms with Crippen LogP contribution >= 0.6 is 0 Å². The lowest BCUT2D eigenvalue weighted by molar-refractivity contribution is 0.241. The third kappa shape index (κ3) is 3.60. The van der Waals surface area contributed by atoms with Gasteiger partial charge >= 0.3 is 0 Å². The van der Waals surface area contributed by atoms with Gasteiger partial charge in [-0.1, -0.05) is 24.3 Å². The molecular formula is C22H26N4O. The van der Waals surface area contributed by atoms with Crippen LogP contribution in [0.5, 0.6) is 5.75 Å². The van der Waals surface area contributed by atoms with Gasteiger partial charge in [0.1, 0.15) is 5.75 Å². The van der Waals surface area contributed by atoms with E-state index in [4.69, 9.17) is 9.84 Å². The molecule has 1 aromatic carbocycles. The molecule has 27 heavy (non-hydrogen) atoms. The van der Waals surface area contributed by atoms with Crippen LogP contribution in [0.15, 0.2) is 42.7 Å². The van der Waals surface area contributed by atoms with Gasteiger partial charge in [0.15, 0.2) is 0 Å². The zero-order chi connectivity index (χ0) is 19.0. The second-order valence-electron chi connectivity index (χ2n) is 7.61. The lowest BCUT2D eigenvalue weighted by Crippen LogP contribution is -2.13. The summed E-state index contributed by atoms with van der Waals surface area (Å²) < 4.78 is 7.94. The predicted molar refractivity (Wildman–Crippen MR) is 107 cm³/mol. The van der Waals surface area contributed by atoms with Crippen molar-refractivity contribution in [2.75, 3.05) is 7.05 Å². The zero-order valence-electron chi connectivity index (χ0n) is 16.4. The Morgan fingerprint density at radius 3 is 2.74 bits per heavy atom. The van der Waals surface area contributed by atoms with Crippen molar-refractivity contribution in [1.29, 1.82) is 0 Å². The summed E-state index contributed by atoms with van der Waals surface area (Å²) in [6, 6.07) is 10.6. The quantitative estimate of drug-likeness (QED) is 0.687. The Morgan fingerprint density at radius 2 is 1.96 bits per heavy atom. The van der Waals surface area contributed by atoms with Crippen molar-refractivity contribution in [2.45, 2.75) is 46.5 Å². The van der Waals surface area contributed by atoms with Crippen LogP contribution in [0.25, 0.3) is 11.3 Å². The molecule has 0 amide bonds. The first-order valence-electron chi connectivity index (χ1n) is 9.45. The molecule has 0 atom stereocenters. The second-order valence-corrected chi connectivity index (χ2v) is 7.61. The normalized spacial score (nSPS) is 14.0. The monoisotopic (exact) mass is 362 g/mol. The average molecular weight is 362 g/mol. The van der Waals surface area contributed by atoms with Crippen molar-refractivity contribution >= 4 is 0 Å². The number of pyridine rings is 1. The van der Waals surface area contributed by atoms with E-state index >= 15 is 0 Å². The van der Waals surface area contributed by atoms with E-state index in [1.807, 2.05) is 20.0 Å². The number of fused-ring (bicyclic) bond motifs is 1. The van der Waals surface area contributed by atoms with E-state index in [-0.39, 0.29) is 6.10 Å². The number of hydrogen-bond donors (Lipinski definition) is 0. The molecule has 0 radical (unpaired) electrons. The Balaban J connectivity index is 1.74. The van der Waals surface area contributed by atoms with Crippen LogP contribution < -0.4 is 4.74 Å². The maximum atomic E-state index is 5.80. The predicted octanol–water partition coefficient (Wildman–Crippen LogP) is 4.03. The third-order valence-electron chi connectivity index (χ3n) is 4.86. The summed E-state index contributed by atoms with van der Waals surface area (Å²) in [5, 5.41) is 4.95. The SMILES string of the molecule is Cc1ccccc1-c1c2c(nn1Cc1cncc(OC(C)C)c1)CN(C)C2. The molecule has 4 rings (SSSR count).